The van der Waals surface area contributed by atoms with E-state index in [4.69, 9.17) is 11.6 Å². The van der Waals surface area contributed by atoms with Crippen LogP contribution in [0, 0.1) is 13.8 Å². The van der Waals surface area contributed by atoms with Gasteiger partial charge in [-0.15, -0.1) is 5.10 Å². The van der Waals surface area contributed by atoms with E-state index in [0.717, 1.165) is 40.8 Å². The molecule has 32 heavy (non-hydrogen) atoms. The first-order valence-electron chi connectivity index (χ1n) is 9.05. The first kappa shape index (κ1) is 23.6. The van der Waals surface area contributed by atoms with Gasteiger partial charge in [0, 0.05) is 24.0 Å². The van der Waals surface area contributed by atoms with Crippen molar-refractivity contribution in [3.05, 3.63) is 45.7 Å². The number of amides is 1. The lowest BCUT2D eigenvalue weighted by molar-refractivity contribution is -0.137. The molecule has 2 heterocycles. The van der Waals surface area contributed by atoms with E-state index in [2.05, 4.69) is 36.1 Å². The fraction of sp³-hybridized carbons (Fsp3) is 0.278. The Balaban J connectivity index is 1.53. The zero-order valence-electron chi connectivity index (χ0n) is 17.1. The molecule has 14 heteroatoms. The number of anilines is 2. The van der Waals surface area contributed by atoms with Gasteiger partial charge in [-0.25, -0.2) is 10.5 Å². The molecular formula is C18H18ClF3N8OS. The number of nitrogens with zero attached hydrogens (tertiary/aromatic N) is 5. The van der Waals surface area contributed by atoms with Crippen molar-refractivity contribution < 1.29 is 18.0 Å². The molecule has 0 bridgehead atoms. The average molecular weight is 487 g/mol. The van der Waals surface area contributed by atoms with Crippen LogP contribution >= 0.6 is 23.4 Å². The highest BCUT2D eigenvalue weighted by molar-refractivity contribution is 7.99. The molecule has 3 rings (SSSR count). The maximum atomic E-state index is 12.9. The summed E-state index contributed by atoms with van der Waals surface area (Å²) < 4.78 is 40.5. The molecule has 2 aromatic heterocycles. The molecule has 9 nitrogen and oxygen atoms in total. The minimum atomic E-state index is -4.62. The summed E-state index contributed by atoms with van der Waals surface area (Å²) in [6, 6.07) is 3.15. The quantitative estimate of drug-likeness (QED) is 0.264. The molecule has 0 radical (unpaired) electrons. The van der Waals surface area contributed by atoms with E-state index in [1.54, 1.807) is 10.9 Å². The van der Waals surface area contributed by atoms with Gasteiger partial charge in [-0.2, -0.15) is 28.4 Å². The van der Waals surface area contributed by atoms with E-state index in [9.17, 15) is 18.0 Å². The molecule has 3 N–H and O–H groups in total. The highest BCUT2D eigenvalue weighted by atomic mass is 35.5. The number of H-pyrrole nitrogens is 1. The Morgan fingerprint density at radius 2 is 2.12 bits per heavy atom. The zero-order chi connectivity index (χ0) is 23.5. The van der Waals surface area contributed by atoms with Crippen molar-refractivity contribution in [2.24, 2.45) is 12.1 Å². The number of aryl methyl sites for hydroxylation is 2. The highest BCUT2D eigenvalue weighted by Crippen LogP contribution is 2.36. The number of hydrogen-bond acceptors (Lipinski definition) is 7. The third-order valence-electron chi connectivity index (χ3n) is 4.28. The Kier molecular flexibility index (Phi) is 7.09. The first-order chi connectivity index (χ1) is 15.0. The molecule has 0 saturated heterocycles. The summed E-state index contributed by atoms with van der Waals surface area (Å²) in [6.07, 6.45) is -3.01. The fourth-order valence-electron chi connectivity index (χ4n) is 2.64. The number of aromatic nitrogens is 5. The summed E-state index contributed by atoms with van der Waals surface area (Å²) in [5.41, 5.74) is 4.33. The Labute approximate surface area is 189 Å². The predicted molar refractivity (Wildman–Crippen MR) is 116 cm³/mol. The third kappa shape index (κ3) is 5.79. The predicted octanol–water partition coefficient (Wildman–Crippen LogP) is 4.00. The molecule has 0 aliphatic heterocycles. The number of halogens is 4. The maximum absolute atomic E-state index is 12.9. The molecule has 0 saturated carbocycles. The number of nitrogens with one attached hydrogen (secondary N) is 3. The fourth-order valence-corrected chi connectivity index (χ4v) is 3.47. The van der Waals surface area contributed by atoms with Crippen molar-refractivity contribution in [2.75, 3.05) is 16.5 Å². The van der Waals surface area contributed by atoms with Gasteiger partial charge in [0.1, 0.15) is 0 Å². The van der Waals surface area contributed by atoms with Gasteiger partial charge in [0.15, 0.2) is 0 Å². The number of aromatic amines is 1. The summed E-state index contributed by atoms with van der Waals surface area (Å²) >= 11 is 6.57. The summed E-state index contributed by atoms with van der Waals surface area (Å²) in [5, 5.41) is 17.2. The van der Waals surface area contributed by atoms with Crippen LogP contribution in [-0.4, -0.2) is 42.8 Å². The molecule has 0 atom stereocenters. The molecule has 170 valence electrons. The number of rotatable bonds is 7. The number of carbonyl (C=O) groups excluding carboxylic acids is 1. The SMILES string of the molecule is Cc1nn(C)c(C)c1/C=N\Nc1nc(SCC(=O)Nc2ccc(Cl)c(C(F)(F)F)c2)n[nH]1. The van der Waals surface area contributed by atoms with E-state index in [1.165, 1.54) is 6.07 Å². The second-order valence-electron chi connectivity index (χ2n) is 6.57. The van der Waals surface area contributed by atoms with Crippen LogP contribution in [-0.2, 0) is 18.0 Å². The summed E-state index contributed by atoms with van der Waals surface area (Å²) in [5.74, 6) is -0.375. The van der Waals surface area contributed by atoms with Gasteiger partial charge in [0.25, 0.3) is 0 Å². The smallest absolute Gasteiger partial charge is 0.325 e. The van der Waals surface area contributed by atoms with Crippen LogP contribution in [0.5, 0.6) is 0 Å². The zero-order valence-corrected chi connectivity index (χ0v) is 18.7. The minimum absolute atomic E-state index is 0.0139. The molecule has 0 spiro atoms. The lowest BCUT2D eigenvalue weighted by Crippen LogP contribution is -2.15. The molecule has 1 aromatic carbocycles. The van der Waals surface area contributed by atoms with Crippen molar-refractivity contribution in [3.8, 4) is 0 Å². The second kappa shape index (κ2) is 9.61. The van der Waals surface area contributed by atoms with Crippen molar-refractivity contribution >= 4 is 47.1 Å². The van der Waals surface area contributed by atoms with Crippen LogP contribution in [0.3, 0.4) is 0 Å². The van der Waals surface area contributed by atoms with Gasteiger partial charge in [-0.3, -0.25) is 9.48 Å². The highest BCUT2D eigenvalue weighted by Gasteiger charge is 2.33. The second-order valence-corrected chi connectivity index (χ2v) is 7.92. The Morgan fingerprint density at radius 3 is 2.78 bits per heavy atom. The van der Waals surface area contributed by atoms with Gasteiger partial charge in [0.2, 0.25) is 17.0 Å². The van der Waals surface area contributed by atoms with Gasteiger partial charge in [-0.1, -0.05) is 23.4 Å². The molecular weight excluding hydrogens is 469 g/mol. The van der Waals surface area contributed by atoms with E-state index >= 15 is 0 Å². The van der Waals surface area contributed by atoms with Crippen LogP contribution in [0.4, 0.5) is 24.8 Å². The van der Waals surface area contributed by atoms with E-state index < -0.39 is 22.7 Å². The van der Waals surface area contributed by atoms with Gasteiger partial charge < -0.3 is 5.32 Å². The minimum Gasteiger partial charge on any atom is -0.325 e. The topological polar surface area (TPSA) is 113 Å². The molecule has 0 aliphatic carbocycles. The summed E-state index contributed by atoms with van der Waals surface area (Å²) in [6.45, 7) is 3.79. The van der Waals surface area contributed by atoms with Crippen LogP contribution in [0.2, 0.25) is 5.02 Å². The van der Waals surface area contributed by atoms with Gasteiger partial charge in [0.05, 0.1) is 28.2 Å². The Morgan fingerprint density at radius 1 is 1.38 bits per heavy atom. The van der Waals surface area contributed by atoms with Crippen LogP contribution in [0.1, 0.15) is 22.5 Å². The number of carbonyl (C=O) groups is 1. The van der Waals surface area contributed by atoms with Crippen molar-refractivity contribution in [3.63, 3.8) is 0 Å². The Bertz CT molecular complexity index is 1160. The standard InChI is InChI=1S/C18H18ClF3N8OS/c1-9-12(10(2)30(3)29-9)7-23-26-16-25-17(28-27-16)32-8-15(31)24-11-4-5-14(19)13(6-11)18(20,21)22/h4-7H,8H2,1-3H3,(H,24,31)(H2,25,26,27,28)/b23-7-. The number of thioether (sulfide) groups is 1. The molecule has 1 amide bonds. The molecule has 0 unspecified atom stereocenters. The van der Waals surface area contributed by atoms with Crippen molar-refractivity contribution in [2.45, 2.75) is 25.2 Å². The van der Waals surface area contributed by atoms with Gasteiger partial charge in [-0.05, 0) is 32.0 Å². The molecule has 0 fully saturated rings. The van der Waals surface area contributed by atoms with E-state index in [1.807, 2.05) is 20.9 Å². The van der Waals surface area contributed by atoms with Crippen LogP contribution in [0.25, 0.3) is 0 Å². The number of hydrazone groups is 1. The lowest BCUT2D eigenvalue weighted by Gasteiger charge is -2.11. The van der Waals surface area contributed by atoms with E-state index in [0.29, 0.717) is 0 Å². The lowest BCUT2D eigenvalue weighted by atomic mass is 10.2. The van der Waals surface area contributed by atoms with E-state index in [-0.39, 0.29) is 22.5 Å². The maximum Gasteiger partial charge on any atom is 0.417 e. The van der Waals surface area contributed by atoms with Crippen LogP contribution in [0.15, 0.2) is 28.5 Å². The number of alkyl halides is 3. The third-order valence-corrected chi connectivity index (χ3v) is 5.46. The first-order valence-corrected chi connectivity index (χ1v) is 10.4. The average Bonchev–Trinajstić information content (AvgIpc) is 3.26. The number of hydrogen-bond donors (Lipinski definition) is 3. The van der Waals surface area contributed by atoms with Crippen molar-refractivity contribution in [1.82, 2.24) is 25.0 Å². The van der Waals surface area contributed by atoms with Crippen molar-refractivity contribution in [1.29, 1.82) is 0 Å². The largest absolute Gasteiger partial charge is 0.417 e. The van der Waals surface area contributed by atoms with Gasteiger partial charge >= 0.3 is 6.18 Å². The van der Waals surface area contributed by atoms with Crippen LogP contribution < -0.4 is 10.7 Å². The Hall–Kier alpha value is -3.06. The monoisotopic (exact) mass is 486 g/mol. The molecule has 0 aliphatic rings. The summed E-state index contributed by atoms with van der Waals surface area (Å²) in [4.78, 5) is 16.2. The number of benzene rings is 1. The summed E-state index contributed by atoms with van der Waals surface area (Å²) in [7, 11) is 1.84. The molecule has 3 aromatic rings. The normalized spacial score (nSPS) is 11.8.